The second kappa shape index (κ2) is 9.34. The van der Waals surface area contributed by atoms with E-state index < -0.39 is 12.1 Å². The van der Waals surface area contributed by atoms with E-state index in [1.54, 1.807) is 32.0 Å². The molecule has 1 unspecified atom stereocenters. The fraction of sp³-hybridized carbons (Fsp3) is 0.500. The lowest BCUT2D eigenvalue weighted by molar-refractivity contribution is -0.138. The maximum atomic E-state index is 12.7. The third kappa shape index (κ3) is 4.88. The molecule has 1 N–H and O–H groups in total. The van der Waals surface area contributed by atoms with Gasteiger partial charge in [-0.2, -0.15) is 0 Å². The van der Waals surface area contributed by atoms with Gasteiger partial charge < -0.3 is 14.7 Å². The van der Waals surface area contributed by atoms with Crippen LogP contribution in [-0.2, 0) is 14.4 Å². The molecule has 8 nitrogen and oxygen atoms in total. The molecule has 1 aromatic carbocycles. The number of hydrogen-bond acceptors (Lipinski definition) is 5. The fourth-order valence-corrected chi connectivity index (χ4v) is 3.04. The maximum absolute atomic E-state index is 12.7. The Morgan fingerprint density at radius 1 is 1.21 bits per heavy atom. The van der Waals surface area contributed by atoms with Crippen molar-refractivity contribution in [2.75, 3.05) is 24.5 Å². The molecule has 0 aliphatic carbocycles. The zero-order valence-corrected chi connectivity index (χ0v) is 16.4. The number of carboxylic acids is 1. The van der Waals surface area contributed by atoms with Crippen LogP contribution in [0.1, 0.15) is 50.4 Å². The third-order valence-corrected chi connectivity index (χ3v) is 4.59. The van der Waals surface area contributed by atoms with Crippen LogP contribution in [0.2, 0.25) is 0 Å². The highest BCUT2D eigenvalue weighted by Crippen LogP contribution is 2.35. The molecule has 1 heterocycles. The molecule has 0 aromatic heterocycles. The summed E-state index contributed by atoms with van der Waals surface area (Å²) in [5.74, 6) is -1.34. The van der Waals surface area contributed by atoms with Gasteiger partial charge in [-0.1, -0.05) is 6.92 Å². The minimum absolute atomic E-state index is 0.0423. The Balaban J connectivity index is 2.29. The lowest BCUT2D eigenvalue weighted by Gasteiger charge is -2.34. The molecule has 152 valence electrons. The number of benzene rings is 1. The number of nitrogens with zero attached hydrogens (tertiary/aromatic N) is 2. The lowest BCUT2D eigenvalue weighted by atomic mass is 10.0. The van der Waals surface area contributed by atoms with Crippen molar-refractivity contribution >= 4 is 29.3 Å². The van der Waals surface area contributed by atoms with Crippen LogP contribution in [0.4, 0.5) is 5.69 Å². The van der Waals surface area contributed by atoms with Gasteiger partial charge in [-0.05, 0) is 38.5 Å². The van der Waals surface area contributed by atoms with E-state index in [1.165, 1.54) is 9.80 Å². The number of anilines is 1. The van der Waals surface area contributed by atoms with Crippen LogP contribution in [0, 0.1) is 0 Å². The van der Waals surface area contributed by atoms with Crippen LogP contribution >= 0.6 is 0 Å². The molecule has 0 saturated heterocycles. The van der Waals surface area contributed by atoms with Crippen LogP contribution in [0.25, 0.3) is 0 Å². The summed E-state index contributed by atoms with van der Waals surface area (Å²) in [5, 5.41) is 8.84. The largest absolute Gasteiger partial charge is 0.481 e. The maximum Gasteiger partial charge on any atom is 0.305 e. The number of hydrogen-bond donors (Lipinski definition) is 1. The molecule has 0 spiro atoms. The minimum atomic E-state index is -0.994. The average Bonchev–Trinajstić information content (AvgIpc) is 2.65. The summed E-state index contributed by atoms with van der Waals surface area (Å²) < 4.78 is 5.61. The van der Waals surface area contributed by atoms with Crippen molar-refractivity contribution in [3.05, 3.63) is 23.8 Å². The van der Waals surface area contributed by atoms with Crippen molar-refractivity contribution in [3.8, 4) is 5.75 Å². The quantitative estimate of drug-likeness (QED) is 0.648. The molecule has 8 heteroatoms. The highest BCUT2D eigenvalue weighted by molar-refractivity contribution is 6.05. The first-order chi connectivity index (χ1) is 13.3. The molecule has 0 radical (unpaired) electrons. The van der Waals surface area contributed by atoms with Gasteiger partial charge in [0.05, 0.1) is 12.1 Å². The Labute approximate surface area is 164 Å². The summed E-state index contributed by atoms with van der Waals surface area (Å²) in [5.41, 5.74) is 0.843. The second-order valence-corrected chi connectivity index (χ2v) is 6.66. The van der Waals surface area contributed by atoms with Crippen LogP contribution in [-0.4, -0.2) is 59.3 Å². The van der Waals surface area contributed by atoms with Crippen LogP contribution in [0.5, 0.6) is 5.75 Å². The molecule has 1 aliphatic heterocycles. The summed E-state index contributed by atoms with van der Waals surface area (Å²) in [4.78, 5) is 51.1. The first-order valence-electron chi connectivity index (χ1n) is 9.43. The average molecular weight is 390 g/mol. The molecule has 0 fully saturated rings. The zero-order valence-electron chi connectivity index (χ0n) is 16.4. The Hall–Kier alpha value is -2.90. The summed E-state index contributed by atoms with van der Waals surface area (Å²) in [7, 11) is 0. The topological polar surface area (TPSA) is 104 Å². The first-order valence-corrected chi connectivity index (χ1v) is 9.43. The van der Waals surface area contributed by atoms with Crippen molar-refractivity contribution in [1.82, 2.24) is 4.90 Å². The number of fused-ring (bicyclic) bond motifs is 1. The van der Waals surface area contributed by atoms with Crippen LogP contribution < -0.4 is 9.64 Å². The van der Waals surface area contributed by atoms with Gasteiger partial charge in [0.25, 0.3) is 5.91 Å². The Kier molecular flexibility index (Phi) is 7.14. The molecular formula is C20H26N2O6. The third-order valence-electron chi connectivity index (χ3n) is 4.59. The number of ether oxygens (including phenoxy) is 1. The van der Waals surface area contributed by atoms with Gasteiger partial charge in [-0.25, -0.2) is 0 Å². The van der Waals surface area contributed by atoms with Gasteiger partial charge >= 0.3 is 5.97 Å². The Bertz CT molecular complexity index is 776. The van der Waals surface area contributed by atoms with Gasteiger partial charge in [0.2, 0.25) is 5.91 Å². The van der Waals surface area contributed by atoms with E-state index in [-0.39, 0.29) is 37.1 Å². The van der Waals surface area contributed by atoms with E-state index in [9.17, 15) is 19.2 Å². The zero-order chi connectivity index (χ0) is 20.8. The lowest BCUT2D eigenvalue weighted by Crippen LogP contribution is -2.49. The predicted octanol–water partition coefficient (Wildman–Crippen LogP) is 2.11. The number of likely N-dealkylation sites (N-methyl/N-ethyl adjacent to an activating group) is 1. The number of carbonyl (C=O) groups is 4. The van der Waals surface area contributed by atoms with E-state index >= 15 is 0 Å². The SMILES string of the molecule is CCCC(=O)c1ccc2c(c1)N(CC(=O)N(CC)CCC(=O)O)C(=O)C(C)O2. The summed E-state index contributed by atoms with van der Waals surface area (Å²) >= 11 is 0. The van der Waals surface area contributed by atoms with E-state index in [4.69, 9.17) is 9.84 Å². The molecule has 28 heavy (non-hydrogen) atoms. The summed E-state index contributed by atoms with van der Waals surface area (Å²) in [6, 6.07) is 4.88. The van der Waals surface area contributed by atoms with Crippen molar-refractivity contribution in [2.24, 2.45) is 0 Å². The minimum Gasteiger partial charge on any atom is -0.481 e. The summed E-state index contributed by atoms with van der Waals surface area (Å²) in [6.07, 6.45) is 0.173. The van der Waals surface area contributed by atoms with Gasteiger partial charge in [0.1, 0.15) is 12.3 Å². The molecule has 1 aromatic rings. The normalized spacial score (nSPS) is 15.6. The van der Waals surface area contributed by atoms with Crippen molar-refractivity contribution in [3.63, 3.8) is 0 Å². The molecule has 1 atom stereocenters. The molecular weight excluding hydrogens is 364 g/mol. The number of ketones is 1. The molecule has 2 amide bonds. The molecule has 1 aliphatic rings. The van der Waals surface area contributed by atoms with E-state index in [0.717, 1.165) is 0 Å². The van der Waals surface area contributed by atoms with Crippen molar-refractivity contribution in [2.45, 2.75) is 46.1 Å². The Morgan fingerprint density at radius 3 is 2.54 bits per heavy atom. The highest BCUT2D eigenvalue weighted by Gasteiger charge is 2.34. The van der Waals surface area contributed by atoms with Gasteiger partial charge in [0, 0.05) is 25.1 Å². The molecule has 0 bridgehead atoms. The number of Topliss-reactive ketones (excluding diaryl/α,β-unsaturated/α-hetero) is 1. The first kappa shape index (κ1) is 21.4. The highest BCUT2D eigenvalue weighted by atomic mass is 16.5. The van der Waals surface area contributed by atoms with Gasteiger partial charge in [-0.3, -0.25) is 24.1 Å². The van der Waals surface area contributed by atoms with Gasteiger partial charge in [-0.15, -0.1) is 0 Å². The fourth-order valence-electron chi connectivity index (χ4n) is 3.04. The second-order valence-electron chi connectivity index (χ2n) is 6.66. The monoisotopic (exact) mass is 390 g/mol. The molecule has 2 rings (SSSR count). The number of carboxylic acid groups (broad SMARTS) is 1. The smallest absolute Gasteiger partial charge is 0.305 e. The summed E-state index contributed by atoms with van der Waals surface area (Å²) in [6.45, 7) is 5.42. The van der Waals surface area contributed by atoms with E-state index in [0.29, 0.717) is 36.4 Å². The number of rotatable bonds is 9. The van der Waals surface area contributed by atoms with Crippen LogP contribution in [0.15, 0.2) is 18.2 Å². The number of aliphatic carboxylic acids is 1. The number of carbonyl (C=O) groups excluding carboxylic acids is 3. The van der Waals surface area contributed by atoms with Crippen LogP contribution in [0.3, 0.4) is 0 Å². The van der Waals surface area contributed by atoms with E-state index in [1.807, 2.05) is 6.92 Å². The van der Waals surface area contributed by atoms with Gasteiger partial charge in [0.15, 0.2) is 11.9 Å². The van der Waals surface area contributed by atoms with Crippen molar-refractivity contribution in [1.29, 1.82) is 0 Å². The molecule has 0 saturated carbocycles. The standard InChI is InChI=1S/C20H26N2O6/c1-4-6-16(23)14-7-8-17-15(11-14)22(20(27)13(3)28-17)12-18(24)21(5-2)10-9-19(25)26/h7-8,11,13H,4-6,9-10,12H2,1-3H3,(H,25,26). The Morgan fingerprint density at radius 2 is 1.93 bits per heavy atom. The van der Waals surface area contributed by atoms with Crippen molar-refractivity contribution < 1.29 is 29.0 Å². The number of amides is 2. The van der Waals surface area contributed by atoms with E-state index in [2.05, 4.69) is 0 Å². The predicted molar refractivity (Wildman–Crippen MR) is 103 cm³/mol.